The lowest BCUT2D eigenvalue weighted by Crippen LogP contribution is -2.35. The summed E-state index contributed by atoms with van der Waals surface area (Å²) in [6, 6.07) is 5.00. The van der Waals surface area contributed by atoms with Gasteiger partial charge in [0.2, 0.25) is 5.95 Å². The highest BCUT2D eigenvalue weighted by Gasteiger charge is 2.46. The number of anilines is 1. The van der Waals surface area contributed by atoms with Crippen molar-refractivity contribution in [3.05, 3.63) is 52.4 Å². The number of hydrogen-bond donors (Lipinski definition) is 1. The lowest BCUT2D eigenvalue weighted by Gasteiger charge is -2.30. The van der Waals surface area contributed by atoms with Crippen LogP contribution in [0.15, 0.2) is 41.9 Å². The summed E-state index contributed by atoms with van der Waals surface area (Å²) >= 11 is 5.96. The lowest BCUT2D eigenvalue weighted by molar-refractivity contribution is -0.140. The molecular formula is C15H12ClF3N4O2. The van der Waals surface area contributed by atoms with Gasteiger partial charge in [-0.3, -0.25) is 0 Å². The Hall–Kier alpha value is -2.55. The Labute approximate surface area is 145 Å². The summed E-state index contributed by atoms with van der Waals surface area (Å²) in [4.78, 5) is 16.1. The minimum atomic E-state index is -4.81. The van der Waals surface area contributed by atoms with Crippen LogP contribution >= 0.6 is 11.6 Å². The van der Waals surface area contributed by atoms with Crippen LogP contribution in [-0.4, -0.2) is 33.5 Å². The molecule has 3 rings (SSSR count). The van der Waals surface area contributed by atoms with Crippen LogP contribution in [0.5, 0.6) is 0 Å². The molecule has 1 aromatic heterocycles. The third kappa shape index (κ3) is 3.19. The quantitative estimate of drug-likeness (QED) is 0.837. The number of carbonyl (C=O) groups is 1. The summed E-state index contributed by atoms with van der Waals surface area (Å²) < 4.78 is 46.7. The van der Waals surface area contributed by atoms with Gasteiger partial charge in [-0.05, 0) is 24.6 Å². The number of esters is 1. The van der Waals surface area contributed by atoms with E-state index in [9.17, 15) is 18.0 Å². The van der Waals surface area contributed by atoms with Crippen LogP contribution in [0.3, 0.4) is 0 Å². The van der Waals surface area contributed by atoms with Crippen molar-refractivity contribution >= 4 is 23.5 Å². The minimum absolute atomic E-state index is 0.0695. The van der Waals surface area contributed by atoms with Crippen LogP contribution < -0.4 is 5.32 Å². The molecule has 0 saturated heterocycles. The third-order valence-electron chi connectivity index (χ3n) is 3.54. The molecule has 10 heteroatoms. The van der Waals surface area contributed by atoms with Crippen LogP contribution in [0.4, 0.5) is 19.1 Å². The van der Waals surface area contributed by atoms with Crippen molar-refractivity contribution in [1.29, 1.82) is 0 Å². The van der Waals surface area contributed by atoms with Crippen LogP contribution in [0.25, 0.3) is 0 Å². The van der Waals surface area contributed by atoms with Gasteiger partial charge >= 0.3 is 12.1 Å². The maximum absolute atomic E-state index is 13.5. The van der Waals surface area contributed by atoms with E-state index in [1.807, 2.05) is 0 Å². The van der Waals surface area contributed by atoms with Crippen LogP contribution in [-0.2, 0) is 9.53 Å². The Balaban J connectivity index is 2.26. The highest BCUT2D eigenvalue weighted by Crippen LogP contribution is 2.41. The van der Waals surface area contributed by atoms with Gasteiger partial charge in [-0.25, -0.2) is 9.48 Å². The van der Waals surface area contributed by atoms with Gasteiger partial charge in [0.25, 0.3) is 0 Å². The van der Waals surface area contributed by atoms with Crippen molar-refractivity contribution in [3.63, 3.8) is 0 Å². The summed E-state index contributed by atoms with van der Waals surface area (Å²) in [5, 5.41) is 6.39. The smallest absolute Gasteiger partial charge is 0.431 e. The molecule has 0 fully saturated rings. The number of alkyl halides is 3. The second-order valence-corrected chi connectivity index (χ2v) is 5.55. The number of allylic oxidation sites excluding steroid dienone is 1. The molecule has 1 aromatic carbocycles. The molecule has 0 bridgehead atoms. The number of aromatic nitrogens is 3. The first kappa shape index (κ1) is 17.3. The first-order chi connectivity index (χ1) is 11.8. The molecule has 2 heterocycles. The molecule has 0 radical (unpaired) electrons. The molecule has 1 atom stereocenters. The fraction of sp³-hybridized carbons (Fsp3) is 0.267. The van der Waals surface area contributed by atoms with Gasteiger partial charge < -0.3 is 10.1 Å². The molecule has 0 amide bonds. The van der Waals surface area contributed by atoms with Crippen LogP contribution in [0.2, 0.25) is 5.02 Å². The number of nitrogens with zero attached hydrogens (tertiary/aromatic N) is 3. The Morgan fingerprint density at radius 2 is 2.20 bits per heavy atom. The Morgan fingerprint density at radius 3 is 2.84 bits per heavy atom. The van der Waals surface area contributed by atoms with Gasteiger partial charge in [0.15, 0.2) is 0 Å². The number of nitrogens with one attached hydrogen (secondary N) is 1. The molecule has 1 aliphatic rings. The molecule has 1 N–H and O–H groups in total. The average molecular weight is 373 g/mol. The second-order valence-electron chi connectivity index (χ2n) is 5.12. The van der Waals surface area contributed by atoms with Gasteiger partial charge in [-0.15, -0.1) is 0 Å². The Morgan fingerprint density at radius 1 is 1.44 bits per heavy atom. The predicted molar refractivity (Wildman–Crippen MR) is 82.9 cm³/mol. The standard InChI is InChI=1S/C15H12ClF3N4O2/c1-2-25-13(24)10-11(8-4-3-5-9(16)6-8)23-14(20-7-21-23)22-12(10)15(17,18)19/h3-7,11H,2H2,1H3,(H,20,21,22). The van der Waals surface area contributed by atoms with Crippen molar-refractivity contribution in [2.45, 2.75) is 19.1 Å². The molecule has 1 unspecified atom stereocenters. The number of carbonyl (C=O) groups excluding carboxylic acids is 1. The van der Waals surface area contributed by atoms with E-state index >= 15 is 0 Å². The first-order valence-corrected chi connectivity index (χ1v) is 7.61. The van der Waals surface area contributed by atoms with E-state index in [-0.39, 0.29) is 12.6 Å². The van der Waals surface area contributed by atoms with Crippen molar-refractivity contribution < 1.29 is 22.7 Å². The van der Waals surface area contributed by atoms with E-state index in [1.54, 1.807) is 18.2 Å². The summed E-state index contributed by atoms with van der Waals surface area (Å²) in [7, 11) is 0. The van der Waals surface area contributed by atoms with Gasteiger partial charge in [0.05, 0.1) is 12.2 Å². The minimum Gasteiger partial charge on any atom is -0.463 e. The highest BCUT2D eigenvalue weighted by atomic mass is 35.5. The maximum atomic E-state index is 13.5. The third-order valence-corrected chi connectivity index (χ3v) is 3.78. The van der Waals surface area contributed by atoms with E-state index in [2.05, 4.69) is 15.4 Å². The topological polar surface area (TPSA) is 69.0 Å². The molecule has 25 heavy (non-hydrogen) atoms. The predicted octanol–water partition coefficient (Wildman–Crippen LogP) is 3.33. The zero-order valence-electron chi connectivity index (χ0n) is 12.8. The molecule has 2 aromatic rings. The van der Waals surface area contributed by atoms with Crippen LogP contribution in [0.1, 0.15) is 18.5 Å². The van der Waals surface area contributed by atoms with Gasteiger partial charge in [-0.1, -0.05) is 23.7 Å². The number of hydrogen-bond acceptors (Lipinski definition) is 5. The molecule has 0 aliphatic carbocycles. The lowest BCUT2D eigenvalue weighted by atomic mass is 9.95. The molecule has 1 aliphatic heterocycles. The van der Waals surface area contributed by atoms with Gasteiger partial charge in [0.1, 0.15) is 18.1 Å². The van der Waals surface area contributed by atoms with E-state index < -0.39 is 29.5 Å². The molecular weight excluding hydrogens is 361 g/mol. The summed E-state index contributed by atoms with van der Waals surface area (Å²) in [6.07, 6.45) is -3.71. The van der Waals surface area contributed by atoms with E-state index in [4.69, 9.17) is 16.3 Å². The molecule has 6 nitrogen and oxygen atoms in total. The largest absolute Gasteiger partial charge is 0.463 e. The maximum Gasteiger partial charge on any atom is 0.431 e. The zero-order chi connectivity index (χ0) is 18.2. The summed E-state index contributed by atoms with van der Waals surface area (Å²) in [5.41, 5.74) is -1.48. The zero-order valence-corrected chi connectivity index (χ0v) is 13.6. The van der Waals surface area contributed by atoms with E-state index in [1.165, 1.54) is 17.7 Å². The Kier molecular flexibility index (Phi) is 4.42. The number of ether oxygens (including phenoxy) is 1. The number of rotatable bonds is 3. The second kappa shape index (κ2) is 6.40. The molecule has 0 saturated carbocycles. The van der Waals surface area contributed by atoms with E-state index in [0.717, 1.165) is 6.33 Å². The highest BCUT2D eigenvalue weighted by molar-refractivity contribution is 6.30. The average Bonchev–Trinajstić information content (AvgIpc) is 3.00. The van der Waals surface area contributed by atoms with E-state index in [0.29, 0.717) is 10.6 Å². The fourth-order valence-electron chi connectivity index (χ4n) is 2.60. The van der Waals surface area contributed by atoms with Gasteiger partial charge in [0, 0.05) is 5.02 Å². The van der Waals surface area contributed by atoms with Gasteiger partial charge in [-0.2, -0.15) is 23.3 Å². The normalized spacial score (nSPS) is 17.1. The number of fused-ring (bicyclic) bond motifs is 1. The Bertz CT molecular complexity index is 847. The molecule has 132 valence electrons. The van der Waals surface area contributed by atoms with Crippen molar-refractivity contribution in [2.75, 3.05) is 11.9 Å². The first-order valence-electron chi connectivity index (χ1n) is 7.23. The van der Waals surface area contributed by atoms with Crippen molar-refractivity contribution in [1.82, 2.24) is 14.8 Å². The molecule has 0 spiro atoms. The monoisotopic (exact) mass is 372 g/mol. The van der Waals surface area contributed by atoms with Crippen molar-refractivity contribution in [2.24, 2.45) is 0 Å². The number of benzene rings is 1. The SMILES string of the molecule is CCOC(=O)C1=C(C(F)(F)F)Nc2ncnn2C1c1cccc(Cl)c1. The fourth-order valence-corrected chi connectivity index (χ4v) is 2.80. The van der Waals surface area contributed by atoms with Crippen LogP contribution in [0, 0.1) is 0 Å². The summed E-state index contributed by atoms with van der Waals surface area (Å²) in [5.74, 6) is -1.22. The van der Waals surface area contributed by atoms with Crippen molar-refractivity contribution in [3.8, 4) is 0 Å². The number of halogens is 4. The summed E-state index contributed by atoms with van der Waals surface area (Å²) in [6.45, 7) is 1.44.